The molecule has 1 aromatic rings. The number of carbonyl (C=O) groups is 1. The lowest BCUT2D eigenvalue weighted by Crippen LogP contribution is -2.35. The molecule has 0 saturated carbocycles. The summed E-state index contributed by atoms with van der Waals surface area (Å²) in [7, 11) is 2.93. The van der Waals surface area contributed by atoms with Crippen molar-refractivity contribution in [1.29, 1.82) is 0 Å². The minimum atomic E-state index is -0.184. The lowest BCUT2D eigenvalue weighted by Gasteiger charge is -2.23. The van der Waals surface area contributed by atoms with Crippen LogP contribution in [0.2, 0.25) is 0 Å². The van der Waals surface area contributed by atoms with E-state index in [0.717, 1.165) is 6.42 Å². The summed E-state index contributed by atoms with van der Waals surface area (Å²) in [4.78, 5) is 22.3. The number of hydrogen-bond acceptors (Lipinski definition) is 6. The van der Waals surface area contributed by atoms with Crippen LogP contribution in [0.5, 0.6) is 11.8 Å². The predicted molar refractivity (Wildman–Crippen MR) is 72.8 cm³/mol. The molecule has 7 nitrogen and oxygen atoms in total. The van der Waals surface area contributed by atoms with Crippen molar-refractivity contribution < 1.29 is 14.3 Å². The van der Waals surface area contributed by atoms with Crippen LogP contribution in [-0.2, 0) is 0 Å². The number of aromatic nitrogens is 2. The molecule has 1 unspecified atom stereocenters. The van der Waals surface area contributed by atoms with Crippen molar-refractivity contribution in [2.75, 3.05) is 33.9 Å². The van der Waals surface area contributed by atoms with Gasteiger partial charge >= 0.3 is 0 Å². The summed E-state index contributed by atoms with van der Waals surface area (Å²) in [5, 5.41) is 0. The molecule has 1 fully saturated rings. The maximum absolute atomic E-state index is 12.7. The summed E-state index contributed by atoms with van der Waals surface area (Å²) < 4.78 is 10.3. The van der Waals surface area contributed by atoms with Crippen molar-refractivity contribution in [2.24, 2.45) is 11.1 Å². The second-order valence-corrected chi connectivity index (χ2v) is 5.26. The number of carbonyl (C=O) groups excluding carboxylic acids is 1. The Labute approximate surface area is 118 Å². The molecule has 110 valence electrons. The maximum atomic E-state index is 12.7. The first-order chi connectivity index (χ1) is 9.54. The van der Waals surface area contributed by atoms with E-state index in [1.165, 1.54) is 20.5 Å². The molecule has 0 spiro atoms. The highest BCUT2D eigenvalue weighted by atomic mass is 16.5. The SMILES string of the molecule is COc1ncnc(OC)c1C(=O)N1CCC(C)(CN)C1. The number of amides is 1. The molecule has 1 amide bonds. The second kappa shape index (κ2) is 5.62. The lowest BCUT2D eigenvalue weighted by atomic mass is 9.90. The third kappa shape index (κ3) is 2.53. The summed E-state index contributed by atoms with van der Waals surface area (Å²) in [6, 6.07) is 0. The molecule has 0 aromatic carbocycles. The first-order valence-electron chi connectivity index (χ1n) is 6.47. The van der Waals surface area contributed by atoms with Gasteiger partial charge < -0.3 is 20.1 Å². The highest BCUT2D eigenvalue weighted by Crippen LogP contribution is 2.32. The van der Waals surface area contributed by atoms with E-state index in [-0.39, 0.29) is 28.6 Å². The number of hydrogen-bond donors (Lipinski definition) is 1. The Morgan fingerprint density at radius 1 is 1.40 bits per heavy atom. The van der Waals surface area contributed by atoms with Crippen LogP contribution < -0.4 is 15.2 Å². The number of ether oxygens (including phenoxy) is 2. The Morgan fingerprint density at radius 2 is 2.00 bits per heavy atom. The summed E-state index contributed by atoms with van der Waals surface area (Å²) >= 11 is 0. The fourth-order valence-corrected chi connectivity index (χ4v) is 2.37. The zero-order valence-electron chi connectivity index (χ0n) is 12.0. The molecule has 1 atom stereocenters. The molecule has 2 heterocycles. The zero-order valence-corrected chi connectivity index (χ0v) is 12.0. The average molecular weight is 280 g/mol. The fraction of sp³-hybridized carbons (Fsp3) is 0.615. The van der Waals surface area contributed by atoms with Gasteiger partial charge in [-0.2, -0.15) is 0 Å². The summed E-state index contributed by atoms with van der Waals surface area (Å²) in [5.74, 6) is 0.267. The normalized spacial score (nSPS) is 21.9. The van der Waals surface area contributed by atoms with Gasteiger partial charge in [-0.3, -0.25) is 4.79 Å². The number of likely N-dealkylation sites (tertiary alicyclic amines) is 1. The minimum absolute atomic E-state index is 0.0359. The van der Waals surface area contributed by atoms with Crippen LogP contribution in [0, 0.1) is 5.41 Å². The quantitative estimate of drug-likeness (QED) is 0.853. The van der Waals surface area contributed by atoms with E-state index < -0.39 is 0 Å². The Balaban J connectivity index is 2.30. The van der Waals surface area contributed by atoms with E-state index in [1.54, 1.807) is 4.90 Å². The molecular weight excluding hydrogens is 260 g/mol. The highest BCUT2D eigenvalue weighted by Gasteiger charge is 2.37. The second-order valence-electron chi connectivity index (χ2n) is 5.26. The minimum Gasteiger partial charge on any atom is -0.480 e. The van der Waals surface area contributed by atoms with Crippen molar-refractivity contribution in [3.8, 4) is 11.8 Å². The van der Waals surface area contributed by atoms with Gasteiger partial charge in [0, 0.05) is 13.1 Å². The van der Waals surface area contributed by atoms with Gasteiger partial charge in [0.25, 0.3) is 5.91 Å². The number of nitrogens with zero attached hydrogens (tertiary/aromatic N) is 3. The number of rotatable bonds is 4. The number of nitrogens with two attached hydrogens (primary N) is 1. The van der Waals surface area contributed by atoms with Gasteiger partial charge in [0.15, 0.2) is 5.56 Å². The summed E-state index contributed by atoms with van der Waals surface area (Å²) in [6.45, 7) is 3.91. The molecule has 1 aliphatic heterocycles. The molecule has 0 bridgehead atoms. The molecule has 2 rings (SSSR count). The van der Waals surface area contributed by atoms with Crippen LogP contribution in [0.15, 0.2) is 6.33 Å². The van der Waals surface area contributed by atoms with E-state index in [0.29, 0.717) is 19.6 Å². The molecular formula is C13H20N4O3. The van der Waals surface area contributed by atoms with Gasteiger partial charge in [0.1, 0.15) is 6.33 Å². The van der Waals surface area contributed by atoms with Gasteiger partial charge in [-0.25, -0.2) is 9.97 Å². The van der Waals surface area contributed by atoms with Gasteiger partial charge in [0.2, 0.25) is 11.8 Å². The van der Waals surface area contributed by atoms with Crippen LogP contribution in [-0.4, -0.2) is 54.6 Å². The first-order valence-corrected chi connectivity index (χ1v) is 6.47. The Morgan fingerprint density at radius 3 is 2.45 bits per heavy atom. The van der Waals surface area contributed by atoms with Gasteiger partial charge in [-0.1, -0.05) is 6.92 Å². The predicted octanol–water partition coefficient (Wildman–Crippen LogP) is 0.305. The summed E-state index contributed by atoms with van der Waals surface area (Å²) in [5.41, 5.74) is 6.00. The molecule has 20 heavy (non-hydrogen) atoms. The van der Waals surface area contributed by atoms with Gasteiger partial charge in [-0.05, 0) is 18.4 Å². The highest BCUT2D eigenvalue weighted by molar-refractivity contribution is 5.98. The third-order valence-electron chi connectivity index (χ3n) is 3.72. The van der Waals surface area contributed by atoms with Crippen LogP contribution >= 0.6 is 0 Å². The average Bonchev–Trinajstić information content (AvgIpc) is 2.88. The number of methoxy groups -OCH3 is 2. The molecule has 0 aliphatic carbocycles. The fourth-order valence-electron chi connectivity index (χ4n) is 2.37. The Hall–Kier alpha value is -1.89. The van der Waals surface area contributed by atoms with Gasteiger partial charge in [-0.15, -0.1) is 0 Å². The van der Waals surface area contributed by atoms with Crippen molar-refractivity contribution in [1.82, 2.24) is 14.9 Å². The molecule has 1 aliphatic rings. The van der Waals surface area contributed by atoms with Crippen LogP contribution in [0.25, 0.3) is 0 Å². The van der Waals surface area contributed by atoms with Crippen LogP contribution in [0.3, 0.4) is 0 Å². The van der Waals surface area contributed by atoms with E-state index >= 15 is 0 Å². The molecule has 0 radical (unpaired) electrons. The topological polar surface area (TPSA) is 90.6 Å². The maximum Gasteiger partial charge on any atom is 0.264 e. The first kappa shape index (κ1) is 14.5. The van der Waals surface area contributed by atoms with Crippen LogP contribution in [0.1, 0.15) is 23.7 Å². The lowest BCUT2D eigenvalue weighted by molar-refractivity contribution is 0.0768. The van der Waals surface area contributed by atoms with Gasteiger partial charge in [0.05, 0.1) is 14.2 Å². The summed E-state index contributed by atoms with van der Waals surface area (Å²) in [6.07, 6.45) is 2.19. The Kier molecular flexibility index (Phi) is 4.08. The van der Waals surface area contributed by atoms with E-state index in [4.69, 9.17) is 15.2 Å². The van der Waals surface area contributed by atoms with Crippen molar-refractivity contribution >= 4 is 5.91 Å². The van der Waals surface area contributed by atoms with Crippen molar-refractivity contribution in [2.45, 2.75) is 13.3 Å². The molecule has 7 heteroatoms. The zero-order chi connectivity index (χ0) is 14.8. The smallest absolute Gasteiger partial charge is 0.264 e. The molecule has 1 saturated heterocycles. The standard InChI is InChI=1S/C13H20N4O3/c1-13(6-14)4-5-17(7-13)12(18)9-10(19-2)15-8-16-11(9)20-3/h8H,4-7,14H2,1-3H3. The molecule has 1 aromatic heterocycles. The van der Waals surface area contributed by atoms with Crippen molar-refractivity contribution in [3.05, 3.63) is 11.9 Å². The van der Waals surface area contributed by atoms with E-state index in [1.807, 2.05) is 0 Å². The monoisotopic (exact) mass is 280 g/mol. The largest absolute Gasteiger partial charge is 0.480 e. The third-order valence-corrected chi connectivity index (χ3v) is 3.72. The Bertz CT molecular complexity index is 486. The van der Waals surface area contributed by atoms with Crippen molar-refractivity contribution in [3.63, 3.8) is 0 Å². The van der Waals surface area contributed by atoms with E-state index in [2.05, 4.69) is 16.9 Å². The van der Waals surface area contributed by atoms with E-state index in [9.17, 15) is 4.79 Å². The van der Waals surface area contributed by atoms with Crippen LogP contribution in [0.4, 0.5) is 0 Å². The molecule has 2 N–H and O–H groups in total.